The van der Waals surface area contributed by atoms with Gasteiger partial charge in [0.1, 0.15) is 5.82 Å². The fraction of sp³-hybridized carbons (Fsp3) is 0.643. The zero-order valence-electron chi connectivity index (χ0n) is 10.8. The SMILES string of the molecule is OCc1cccnc1N1CCCN2CCCC2C1. The third-order valence-electron chi connectivity index (χ3n) is 4.14. The summed E-state index contributed by atoms with van der Waals surface area (Å²) < 4.78 is 0. The molecule has 2 fully saturated rings. The Morgan fingerprint density at radius 3 is 3.06 bits per heavy atom. The Labute approximate surface area is 108 Å². The molecule has 2 aliphatic rings. The lowest BCUT2D eigenvalue weighted by Crippen LogP contribution is -2.37. The van der Waals surface area contributed by atoms with Gasteiger partial charge in [-0.25, -0.2) is 4.98 Å². The summed E-state index contributed by atoms with van der Waals surface area (Å²) in [7, 11) is 0. The van der Waals surface area contributed by atoms with Crippen molar-refractivity contribution >= 4 is 5.82 Å². The molecular weight excluding hydrogens is 226 g/mol. The van der Waals surface area contributed by atoms with E-state index in [4.69, 9.17) is 0 Å². The quantitative estimate of drug-likeness (QED) is 0.854. The highest BCUT2D eigenvalue weighted by molar-refractivity contribution is 5.46. The number of aromatic nitrogens is 1. The van der Waals surface area contributed by atoms with Crippen molar-refractivity contribution in [2.45, 2.75) is 31.9 Å². The summed E-state index contributed by atoms with van der Waals surface area (Å²) in [5, 5.41) is 9.43. The Bertz CT molecular complexity index is 410. The first-order valence-electron chi connectivity index (χ1n) is 6.92. The maximum absolute atomic E-state index is 9.43. The summed E-state index contributed by atoms with van der Waals surface area (Å²) >= 11 is 0. The number of rotatable bonds is 2. The molecule has 3 heterocycles. The van der Waals surface area contributed by atoms with E-state index in [0.717, 1.165) is 24.5 Å². The maximum atomic E-state index is 9.43. The molecule has 0 aromatic carbocycles. The summed E-state index contributed by atoms with van der Waals surface area (Å²) in [5.41, 5.74) is 0.948. The summed E-state index contributed by atoms with van der Waals surface area (Å²) in [6, 6.07) is 4.55. The van der Waals surface area contributed by atoms with Crippen LogP contribution in [0.15, 0.2) is 18.3 Å². The number of aliphatic hydroxyl groups is 1. The number of hydrogen-bond acceptors (Lipinski definition) is 4. The second-order valence-electron chi connectivity index (χ2n) is 5.28. The van der Waals surface area contributed by atoms with E-state index in [2.05, 4.69) is 14.8 Å². The summed E-state index contributed by atoms with van der Waals surface area (Å²) in [5.74, 6) is 0.980. The van der Waals surface area contributed by atoms with E-state index in [1.165, 1.54) is 32.4 Å². The first kappa shape index (κ1) is 11.9. The highest BCUT2D eigenvalue weighted by Gasteiger charge is 2.29. The van der Waals surface area contributed by atoms with Crippen molar-refractivity contribution in [1.82, 2.24) is 9.88 Å². The predicted molar refractivity (Wildman–Crippen MR) is 71.6 cm³/mol. The highest BCUT2D eigenvalue weighted by Crippen LogP contribution is 2.25. The monoisotopic (exact) mass is 247 g/mol. The van der Waals surface area contributed by atoms with E-state index in [1.807, 2.05) is 18.3 Å². The lowest BCUT2D eigenvalue weighted by atomic mass is 10.2. The van der Waals surface area contributed by atoms with Crippen LogP contribution in [-0.4, -0.2) is 47.2 Å². The molecule has 4 nitrogen and oxygen atoms in total. The number of nitrogens with zero attached hydrogens (tertiary/aromatic N) is 3. The molecule has 0 amide bonds. The Morgan fingerprint density at radius 1 is 1.28 bits per heavy atom. The second kappa shape index (κ2) is 5.24. The number of anilines is 1. The molecule has 1 unspecified atom stereocenters. The molecule has 3 rings (SSSR count). The van der Waals surface area contributed by atoms with Gasteiger partial charge in [-0.1, -0.05) is 6.07 Å². The zero-order valence-corrected chi connectivity index (χ0v) is 10.8. The van der Waals surface area contributed by atoms with Gasteiger partial charge < -0.3 is 10.0 Å². The van der Waals surface area contributed by atoms with Crippen molar-refractivity contribution in [2.24, 2.45) is 0 Å². The van der Waals surface area contributed by atoms with E-state index in [-0.39, 0.29) is 6.61 Å². The molecule has 0 saturated carbocycles. The minimum atomic E-state index is 0.0774. The van der Waals surface area contributed by atoms with Crippen molar-refractivity contribution in [3.05, 3.63) is 23.9 Å². The Kier molecular flexibility index (Phi) is 3.48. The fourth-order valence-electron chi connectivity index (χ4n) is 3.24. The van der Waals surface area contributed by atoms with Gasteiger partial charge in [-0.05, 0) is 31.9 Å². The van der Waals surface area contributed by atoms with Crippen LogP contribution in [-0.2, 0) is 6.61 Å². The van der Waals surface area contributed by atoms with Crippen molar-refractivity contribution < 1.29 is 5.11 Å². The van der Waals surface area contributed by atoms with Crippen LogP contribution in [0, 0.1) is 0 Å². The standard InChI is InChI=1S/C14H21N3O/c18-11-12-4-1-6-15-14(12)17-9-3-8-16-7-2-5-13(16)10-17/h1,4,6,13,18H,2-3,5,7-11H2. The van der Waals surface area contributed by atoms with Crippen LogP contribution in [0.3, 0.4) is 0 Å². The zero-order chi connectivity index (χ0) is 12.4. The Hall–Kier alpha value is -1.13. The van der Waals surface area contributed by atoms with E-state index in [0.29, 0.717) is 6.04 Å². The molecule has 1 aromatic rings. The summed E-state index contributed by atoms with van der Waals surface area (Å²) in [6.07, 6.45) is 5.65. The van der Waals surface area contributed by atoms with E-state index in [1.54, 1.807) is 0 Å². The summed E-state index contributed by atoms with van der Waals surface area (Å²) in [6.45, 7) is 4.66. The van der Waals surface area contributed by atoms with E-state index in [9.17, 15) is 5.11 Å². The molecule has 1 atom stereocenters. The Balaban J connectivity index is 1.82. The average Bonchev–Trinajstić information content (AvgIpc) is 2.76. The number of aliphatic hydroxyl groups excluding tert-OH is 1. The van der Waals surface area contributed by atoms with Gasteiger partial charge in [0.05, 0.1) is 6.61 Å². The van der Waals surface area contributed by atoms with Crippen LogP contribution >= 0.6 is 0 Å². The smallest absolute Gasteiger partial charge is 0.134 e. The largest absolute Gasteiger partial charge is 0.392 e. The van der Waals surface area contributed by atoms with Crippen molar-refractivity contribution in [3.8, 4) is 0 Å². The average molecular weight is 247 g/mol. The first-order valence-corrected chi connectivity index (χ1v) is 6.92. The lowest BCUT2D eigenvalue weighted by Gasteiger charge is -2.27. The molecule has 4 heteroatoms. The molecule has 0 radical (unpaired) electrons. The van der Waals surface area contributed by atoms with Crippen molar-refractivity contribution in [2.75, 3.05) is 31.1 Å². The van der Waals surface area contributed by atoms with Crippen LogP contribution in [0.1, 0.15) is 24.8 Å². The van der Waals surface area contributed by atoms with Crippen molar-refractivity contribution in [3.63, 3.8) is 0 Å². The van der Waals surface area contributed by atoms with Crippen LogP contribution in [0.5, 0.6) is 0 Å². The highest BCUT2D eigenvalue weighted by atomic mass is 16.3. The maximum Gasteiger partial charge on any atom is 0.134 e. The molecule has 18 heavy (non-hydrogen) atoms. The molecule has 2 aliphatic heterocycles. The molecule has 0 aliphatic carbocycles. The molecular formula is C14H21N3O. The van der Waals surface area contributed by atoms with Crippen LogP contribution in [0.4, 0.5) is 5.82 Å². The minimum Gasteiger partial charge on any atom is -0.392 e. The van der Waals surface area contributed by atoms with Gasteiger partial charge in [0, 0.05) is 37.4 Å². The van der Waals surface area contributed by atoms with Gasteiger partial charge in [-0.15, -0.1) is 0 Å². The molecule has 2 saturated heterocycles. The lowest BCUT2D eigenvalue weighted by molar-refractivity contribution is 0.272. The van der Waals surface area contributed by atoms with Gasteiger partial charge in [-0.2, -0.15) is 0 Å². The minimum absolute atomic E-state index is 0.0774. The van der Waals surface area contributed by atoms with Gasteiger partial charge in [0.25, 0.3) is 0 Å². The second-order valence-corrected chi connectivity index (χ2v) is 5.28. The molecule has 1 aromatic heterocycles. The Morgan fingerprint density at radius 2 is 2.17 bits per heavy atom. The molecule has 1 N–H and O–H groups in total. The number of pyridine rings is 1. The van der Waals surface area contributed by atoms with Crippen LogP contribution in [0.25, 0.3) is 0 Å². The normalized spacial score (nSPS) is 24.9. The fourth-order valence-corrected chi connectivity index (χ4v) is 3.24. The molecule has 0 bridgehead atoms. The topological polar surface area (TPSA) is 39.6 Å². The molecule has 0 spiro atoms. The van der Waals surface area contributed by atoms with Crippen LogP contribution < -0.4 is 4.90 Å². The third-order valence-corrected chi connectivity index (χ3v) is 4.14. The predicted octanol–water partition coefficient (Wildman–Crippen LogP) is 1.25. The van der Waals surface area contributed by atoms with E-state index < -0.39 is 0 Å². The van der Waals surface area contributed by atoms with Gasteiger partial charge >= 0.3 is 0 Å². The molecule has 98 valence electrons. The van der Waals surface area contributed by atoms with E-state index >= 15 is 0 Å². The first-order chi connectivity index (χ1) is 8.88. The number of fused-ring (bicyclic) bond motifs is 1. The van der Waals surface area contributed by atoms with Gasteiger partial charge in [0.2, 0.25) is 0 Å². The number of hydrogen-bond donors (Lipinski definition) is 1. The van der Waals surface area contributed by atoms with Crippen LogP contribution in [0.2, 0.25) is 0 Å². The summed E-state index contributed by atoms with van der Waals surface area (Å²) in [4.78, 5) is 9.45. The third kappa shape index (κ3) is 2.22. The van der Waals surface area contributed by atoms with Gasteiger partial charge in [0.15, 0.2) is 0 Å². The van der Waals surface area contributed by atoms with Gasteiger partial charge in [-0.3, -0.25) is 4.90 Å². The van der Waals surface area contributed by atoms with Crippen molar-refractivity contribution in [1.29, 1.82) is 0 Å².